The Hall–Kier alpha value is -4.48. The first kappa shape index (κ1) is 28.6. The van der Waals surface area contributed by atoms with Crippen molar-refractivity contribution in [1.29, 1.82) is 0 Å². The first-order valence-corrected chi connectivity index (χ1v) is 14.2. The van der Waals surface area contributed by atoms with E-state index in [4.69, 9.17) is 23.2 Å². The number of anilines is 1. The van der Waals surface area contributed by atoms with Gasteiger partial charge in [-0.15, -0.1) is 5.10 Å². The number of hydrogen-bond acceptors (Lipinski definition) is 6. The number of benzene rings is 2. The van der Waals surface area contributed by atoms with Crippen LogP contribution in [0.4, 0.5) is 14.5 Å². The van der Waals surface area contributed by atoms with Gasteiger partial charge in [0.1, 0.15) is 5.82 Å². The number of nitrogens with one attached hydrogen (secondary N) is 1. The second kappa shape index (κ2) is 11.7. The summed E-state index contributed by atoms with van der Waals surface area (Å²) in [7, 11) is 0. The lowest BCUT2D eigenvalue weighted by Gasteiger charge is -2.23. The van der Waals surface area contributed by atoms with E-state index in [1.54, 1.807) is 18.3 Å². The van der Waals surface area contributed by atoms with Gasteiger partial charge < -0.3 is 5.32 Å². The SMILES string of the molecule is C[C@@H]1CCC[C@H](n2cnc(-c3c(-n4cc(Cl)nn4)ccc(Cl)c3F)cc2=O)c2cc(ccn2)-c2cc(F)ccc2NC1=O. The molecule has 1 N–H and O–H groups in total. The summed E-state index contributed by atoms with van der Waals surface area (Å²) in [5, 5.41) is 10.5. The maximum Gasteiger partial charge on any atom is 0.254 e. The van der Waals surface area contributed by atoms with Crippen LogP contribution < -0.4 is 10.9 Å². The van der Waals surface area contributed by atoms with Crippen LogP contribution in [0.5, 0.6) is 0 Å². The number of fused-ring (bicyclic) bond motifs is 4. The zero-order chi connectivity index (χ0) is 30.2. The van der Waals surface area contributed by atoms with E-state index in [0.717, 1.165) is 0 Å². The van der Waals surface area contributed by atoms with Gasteiger partial charge in [-0.25, -0.2) is 18.4 Å². The molecule has 0 unspecified atom stereocenters. The number of aromatic nitrogens is 6. The first-order chi connectivity index (χ1) is 20.7. The summed E-state index contributed by atoms with van der Waals surface area (Å²) >= 11 is 12.0. The largest absolute Gasteiger partial charge is 0.325 e. The van der Waals surface area contributed by atoms with Crippen molar-refractivity contribution in [2.45, 2.75) is 32.2 Å². The maximum absolute atomic E-state index is 15.4. The van der Waals surface area contributed by atoms with E-state index in [-0.39, 0.29) is 38.9 Å². The zero-order valence-corrected chi connectivity index (χ0v) is 24.2. The van der Waals surface area contributed by atoms with E-state index >= 15 is 4.39 Å². The van der Waals surface area contributed by atoms with Crippen LogP contribution in [0.15, 0.2) is 72.0 Å². The molecular formula is C30H23Cl2F2N7O2. The van der Waals surface area contributed by atoms with Gasteiger partial charge in [-0.05, 0) is 60.9 Å². The molecule has 0 saturated heterocycles. The normalized spacial score (nSPS) is 17.0. The summed E-state index contributed by atoms with van der Waals surface area (Å²) in [6.45, 7) is 1.82. The number of carbonyl (C=O) groups is 1. The van der Waals surface area contributed by atoms with Gasteiger partial charge in [0, 0.05) is 29.4 Å². The minimum atomic E-state index is -0.783. The highest BCUT2D eigenvalue weighted by Gasteiger charge is 2.24. The van der Waals surface area contributed by atoms with Crippen LogP contribution in [-0.2, 0) is 4.79 Å². The summed E-state index contributed by atoms with van der Waals surface area (Å²) in [5.41, 5.74) is 1.90. The van der Waals surface area contributed by atoms with E-state index < -0.39 is 23.2 Å². The van der Waals surface area contributed by atoms with Gasteiger partial charge in [0.2, 0.25) is 5.91 Å². The van der Waals surface area contributed by atoms with Crippen LogP contribution in [0.1, 0.15) is 37.9 Å². The van der Waals surface area contributed by atoms with Gasteiger partial charge in [-0.3, -0.25) is 19.1 Å². The summed E-state index contributed by atoms with van der Waals surface area (Å²) in [6.07, 6.45) is 5.89. The van der Waals surface area contributed by atoms with Crippen LogP contribution in [0.25, 0.3) is 28.1 Å². The summed E-state index contributed by atoms with van der Waals surface area (Å²) in [6, 6.07) is 11.2. The predicted molar refractivity (Wildman–Crippen MR) is 158 cm³/mol. The van der Waals surface area contributed by atoms with Crippen LogP contribution in [0, 0.1) is 17.6 Å². The lowest BCUT2D eigenvalue weighted by atomic mass is 9.95. The van der Waals surface area contributed by atoms with E-state index in [9.17, 15) is 14.0 Å². The zero-order valence-electron chi connectivity index (χ0n) is 22.6. The lowest BCUT2D eigenvalue weighted by molar-refractivity contribution is -0.119. The second-order valence-electron chi connectivity index (χ2n) is 10.3. The third-order valence-electron chi connectivity index (χ3n) is 7.45. The fraction of sp³-hybridized carbons (Fsp3) is 0.200. The average molecular weight is 622 g/mol. The Morgan fingerprint density at radius 3 is 2.60 bits per heavy atom. The molecule has 4 heterocycles. The van der Waals surface area contributed by atoms with Gasteiger partial charge in [0.05, 0.1) is 46.2 Å². The number of hydrogen-bond donors (Lipinski definition) is 1. The molecule has 0 radical (unpaired) electrons. The highest BCUT2D eigenvalue weighted by atomic mass is 35.5. The monoisotopic (exact) mass is 621 g/mol. The van der Waals surface area contributed by atoms with Gasteiger partial charge in [-0.1, -0.05) is 41.8 Å². The molecule has 1 aliphatic rings. The van der Waals surface area contributed by atoms with Crippen molar-refractivity contribution in [2.24, 2.45) is 5.92 Å². The van der Waals surface area contributed by atoms with E-state index in [0.29, 0.717) is 41.8 Å². The van der Waals surface area contributed by atoms with Crippen LogP contribution in [0.3, 0.4) is 0 Å². The number of amides is 1. The molecule has 6 rings (SSSR count). The Labute approximate surface area is 254 Å². The fourth-order valence-electron chi connectivity index (χ4n) is 5.21. The summed E-state index contributed by atoms with van der Waals surface area (Å²) in [5.74, 6) is -1.76. The number of pyridine rings is 1. The highest BCUT2D eigenvalue weighted by molar-refractivity contribution is 6.31. The third kappa shape index (κ3) is 5.65. The highest BCUT2D eigenvalue weighted by Crippen LogP contribution is 2.35. The lowest BCUT2D eigenvalue weighted by Crippen LogP contribution is -2.27. The average Bonchev–Trinajstić information content (AvgIpc) is 3.43. The molecule has 9 nitrogen and oxygen atoms in total. The standard InChI is InChI=1S/C30H23Cl2F2N7O2/c1-16-3-2-4-24(22-11-17(9-10-35-22)19-12-18(33)5-7-21(19)37-30(16)43)40-15-36-23(13-27(40)42)28-25(8-6-20(31)29(28)34)41-14-26(32)38-39-41/h5-16,24H,2-4H2,1H3,(H,37,43)/t16-,24+/m1/s1. The molecule has 1 amide bonds. The molecule has 5 aromatic rings. The van der Waals surface area contributed by atoms with Crippen LogP contribution in [-0.4, -0.2) is 35.4 Å². The van der Waals surface area contributed by atoms with Crippen molar-refractivity contribution < 1.29 is 13.6 Å². The quantitative estimate of drug-likeness (QED) is 0.247. The Kier molecular flexibility index (Phi) is 7.76. The number of halogens is 4. The number of nitrogens with zero attached hydrogens (tertiary/aromatic N) is 6. The molecule has 3 aromatic heterocycles. The minimum absolute atomic E-state index is 0.0347. The van der Waals surface area contributed by atoms with Gasteiger partial charge >= 0.3 is 0 Å². The summed E-state index contributed by atoms with van der Waals surface area (Å²) in [4.78, 5) is 35.6. The number of carbonyl (C=O) groups excluding carboxylic acids is 1. The van der Waals surface area contributed by atoms with Crippen molar-refractivity contribution in [3.05, 3.63) is 105 Å². The molecule has 43 heavy (non-hydrogen) atoms. The Morgan fingerprint density at radius 2 is 1.84 bits per heavy atom. The summed E-state index contributed by atoms with van der Waals surface area (Å²) < 4.78 is 32.4. The number of rotatable bonds is 3. The maximum atomic E-state index is 15.4. The molecule has 13 heteroatoms. The molecule has 2 atom stereocenters. The molecule has 0 fully saturated rings. The Morgan fingerprint density at radius 1 is 1.00 bits per heavy atom. The van der Waals surface area contributed by atoms with E-state index in [1.165, 1.54) is 58.2 Å². The van der Waals surface area contributed by atoms with Gasteiger partial charge in [-0.2, -0.15) is 0 Å². The van der Waals surface area contributed by atoms with Crippen molar-refractivity contribution in [2.75, 3.05) is 5.32 Å². The van der Waals surface area contributed by atoms with E-state index in [1.807, 2.05) is 6.92 Å². The molecule has 2 aromatic carbocycles. The molecule has 2 bridgehead atoms. The van der Waals surface area contributed by atoms with Crippen molar-refractivity contribution >= 4 is 34.8 Å². The van der Waals surface area contributed by atoms with Gasteiger partial charge in [0.15, 0.2) is 11.0 Å². The molecule has 1 aliphatic heterocycles. The Balaban J connectivity index is 1.46. The fourth-order valence-corrected chi connectivity index (χ4v) is 5.50. The first-order valence-electron chi connectivity index (χ1n) is 13.4. The predicted octanol–water partition coefficient (Wildman–Crippen LogP) is 6.49. The Bertz CT molecular complexity index is 1930. The molecule has 218 valence electrons. The van der Waals surface area contributed by atoms with Crippen LogP contribution in [0.2, 0.25) is 10.2 Å². The molecule has 0 aliphatic carbocycles. The minimum Gasteiger partial charge on any atom is -0.325 e. The molecule has 0 saturated carbocycles. The van der Waals surface area contributed by atoms with Crippen LogP contribution >= 0.6 is 23.2 Å². The topological polar surface area (TPSA) is 108 Å². The smallest absolute Gasteiger partial charge is 0.254 e. The van der Waals surface area contributed by atoms with Crippen molar-refractivity contribution in [3.63, 3.8) is 0 Å². The third-order valence-corrected chi connectivity index (χ3v) is 7.91. The molecular weight excluding hydrogens is 599 g/mol. The van der Waals surface area contributed by atoms with E-state index in [2.05, 4.69) is 25.6 Å². The molecule has 0 spiro atoms. The van der Waals surface area contributed by atoms with Gasteiger partial charge in [0.25, 0.3) is 5.56 Å². The van der Waals surface area contributed by atoms with Crippen molar-refractivity contribution in [1.82, 2.24) is 29.5 Å². The second-order valence-corrected chi connectivity index (χ2v) is 11.1. The van der Waals surface area contributed by atoms with Crippen molar-refractivity contribution in [3.8, 4) is 28.1 Å².